The van der Waals surface area contributed by atoms with Crippen LogP contribution in [-0.2, 0) is 16.1 Å². The van der Waals surface area contributed by atoms with Crippen LogP contribution in [0.5, 0.6) is 0 Å². The van der Waals surface area contributed by atoms with Crippen LogP contribution >= 0.6 is 15.9 Å². The van der Waals surface area contributed by atoms with Gasteiger partial charge in [0.05, 0.1) is 0 Å². The van der Waals surface area contributed by atoms with Gasteiger partial charge in [-0.05, 0) is 24.6 Å². The van der Waals surface area contributed by atoms with Crippen molar-refractivity contribution in [2.45, 2.75) is 19.9 Å². The first-order valence-corrected chi connectivity index (χ1v) is 6.57. The quantitative estimate of drug-likeness (QED) is 0.844. The maximum absolute atomic E-state index is 13.6. The van der Waals surface area contributed by atoms with Gasteiger partial charge in [0.25, 0.3) is 0 Å². The average molecular weight is 332 g/mol. The van der Waals surface area contributed by atoms with Crippen molar-refractivity contribution in [1.29, 1.82) is 0 Å². The molecule has 1 atom stereocenters. The summed E-state index contributed by atoms with van der Waals surface area (Å²) in [4.78, 5) is 24.1. The number of carbonyl (C=O) groups excluding carboxylic acids is 1. The van der Waals surface area contributed by atoms with Crippen molar-refractivity contribution in [3.05, 3.63) is 34.1 Å². The van der Waals surface area contributed by atoms with E-state index in [9.17, 15) is 14.0 Å². The molecule has 0 bridgehead atoms. The van der Waals surface area contributed by atoms with Gasteiger partial charge in [0.1, 0.15) is 11.7 Å². The standard InChI is InChI=1S/C13H15BrFNO3/c1-3-10(13(18)19)12(17)16(2)7-8-6-9(14)4-5-11(8)15/h4-6,10H,3,7H2,1-2H3,(H,18,19). The van der Waals surface area contributed by atoms with E-state index < -0.39 is 23.6 Å². The minimum Gasteiger partial charge on any atom is -0.481 e. The Kier molecular flexibility index (Phi) is 5.47. The molecule has 0 heterocycles. The van der Waals surface area contributed by atoms with Crippen molar-refractivity contribution in [3.63, 3.8) is 0 Å². The van der Waals surface area contributed by atoms with E-state index in [2.05, 4.69) is 15.9 Å². The van der Waals surface area contributed by atoms with Gasteiger partial charge >= 0.3 is 5.97 Å². The van der Waals surface area contributed by atoms with Gasteiger partial charge in [-0.15, -0.1) is 0 Å². The molecular formula is C13H15BrFNO3. The van der Waals surface area contributed by atoms with Gasteiger partial charge < -0.3 is 10.0 Å². The Hall–Kier alpha value is -1.43. The third-order valence-electron chi connectivity index (χ3n) is 2.80. The zero-order valence-electron chi connectivity index (χ0n) is 10.7. The third kappa shape index (κ3) is 4.02. The lowest BCUT2D eigenvalue weighted by Crippen LogP contribution is -2.36. The zero-order valence-corrected chi connectivity index (χ0v) is 12.3. The summed E-state index contributed by atoms with van der Waals surface area (Å²) in [5.74, 6) is -3.19. The zero-order chi connectivity index (χ0) is 14.6. The minimum atomic E-state index is -1.16. The van der Waals surface area contributed by atoms with Gasteiger partial charge in [0, 0.05) is 23.6 Å². The third-order valence-corrected chi connectivity index (χ3v) is 3.29. The molecule has 19 heavy (non-hydrogen) atoms. The molecule has 0 spiro atoms. The van der Waals surface area contributed by atoms with Crippen LogP contribution in [0.25, 0.3) is 0 Å². The predicted octanol–water partition coefficient (Wildman–Crippen LogP) is 2.66. The number of rotatable bonds is 5. The number of amides is 1. The Labute approximate surface area is 119 Å². The number of benzene rings is 1. The molecular weight excluding hydrogens is 317 g/mol. The number of hydrogen-bond acceptors (Lipinski definition) is 2. The number of halogens is 2. The number of hydrogen-bond donors (Lipinski definition) is 1. The summed E-state index contributed by atoms with van der Waals surface area (Å²) in [7, 11) is 1.47. The van der Waals surface area contributed by atoms with E-state index in [0.29, 0.717) is 10.0 Å². The summed E-state index contributed by atoms with van der Waals surface area (Å²) in [6, 6.07) is 4.43. The summed E-state index contributed by atoms with van der Waals surface area (Å²) in [6.07, 6.45) is 0.208. The fourth-order valence-corrected chi connectivity index (χ4v) is 2.13. The van der Waals surface area contributed by atoms with Crippen molar-refractivity contribution in [2.75, 3.05) is 7.05 Å². The molecule has 4 nitrogen and oxygen atoms in total. The van der Waals surface area contributed by atoms with Crippen LogP contribution in [0, 0.1) is 11.7 Å². The molecule has 1 aromatic carbocycles. The maximum Gasteiger partial charge on any atom is 0.316 e. The topological polar surface area (TPSA) is 57.6 Å². The van der Waals surface area contributed by atoms with E-state index in [1.54, 1.807) is 19.1 Å². The van der Waals surface area contributed by atoms with Crippen molar-refractivity contribution < 1.29 is 19.1 Å². The van der Waals surface area contributed by atoms with E-state index in [-0.39, 0.29) is 13.0 Å². The smallest absolute Gasteiger partial charge is 0.316 e. The first kappa shape index (κ1) is 15.6. The Morgan fingerprint density at radius 2 is 2.11 bits per heavy atom. The Bertz CT molecular complexity index is 493. The summed E-state index contributed by atoms with van der Waals surface area (Å²) in [5.41, 5.74) is 0.338. The molecule has 0 aromatic heterocycles. The van der Waals surface area contributed by atoms with Gasteiger partial charge in [-0.1, -0.05) is 22.9 Å². The molecule has 0 saturated carbocycles. The van der Waals surface area contributed by atoms with Crippen LogP contribution < -0.4 is 0 Å². The van der Waals surface area contributed by atoms with E-state index in [1.807, 2.05) is 0 Å². The number of carboxylic acids is 1. The first-order valence-electron chi connectivity index (χ1n) is 5.78. The number of carboxylic acid groups (broad SMARTS) is 1. The Morgan fingerprint density at radius 1 is 1.47 bits per heavy atom. The summed E-state index contributed by atoms with van der Waals surface area (Å²) in [6.45, 7) is 1.66. The number of aliphatic carboxylic acids is 1. The summed E-state index contributed by atoms with van der Waals surface area (Å²) < 4.78 is 14.3. The van der Waals surface area contributed by atoms with Crippen LogP contribution in [0.4, 0.5) is 4.39 Å². The lowest BCUT2D eigenvalue weighted by Gasteiger charge is -2.21. The molecule has 104 valence electrons. The van der Waals surface area contributed by atoms with Crippen molar-refractivity contribution >= 4 is 27.8 Å². The van der Waals surface area contributed by atoms with E-state index in [1.165, 1.54) is 18.0 Å². The second-order valence-electron chi connectivity index (χ2n) is 4.23. The largest absolute Gasteiger partial charge is 0.481 e. The van der Waals surface area contributed by atoms with Crippen LogP contribution in [-0.4, -0.2) is 28.9 Å². The average Bonchev–Trinajstić information content (AvgIpc) is 2.34. The molecule has 1 aromatic rings. The molecule has 0 aliphatic heterocycles. The fraction of sp³-hybridized carbons (Fsp3) is 0.385. The van der Waals surface area contributed by atoms with E-state index >= 15 is 0 Å². The SMILES string of the molecule is CCC(C(=O)O)C(=O)N(C)Cc1cc(Br)ccc1F. The van der Waals surface area contributed by atoms with Gasteiger partial charge in [-0.2, -0.15) is 0 Å². The van der Waals surface area contributed by atoms with Crippen LogP contribution in [0.15, 0.2) is 22.7 Å². The lowest BCUT2D eigenvalue weighted by molar-refractivity contribution is -0.151. The van der Waals surface area contributed by atoms with Crippen molar-refractivity contribution in [3.8, 4) is 0 Å². The monoisotopic (exact) mass is 331 g/mol. The molecule has 0 fully saturated rings. The molecule has 0 saturated heterocycles. The maximum atomic E-state index is 13.6. The predicted molar refractivity (Wildman–Crippen MR) is 72.0 cm³/mol. The van der Waals surface area contributed by atoms with Crippen molar-refractivity contribution in [2.24, 2.45) is 5.92 Å². The van der Waals surface area contributed by atoms with E-state index in [4.69, 9.17) is 5.11 Å². The molecule has 1 rings (SSSR count). The first-order chi connectivity index (χ1) is 8.86. The number of nitrogens with zero attached hydrogens (tertiary/aromatic N) is 1. The second-order valence-corrected chi connectivity index (χ2v) is 5.14. The van der Waals surface area contributed by atoms with Crippen LogP contribution in [0.2, 0.25) is 0 Å². The highest BCUT2D eigenvalue weighted by molar-refractivity contribution is 9.10. The molecule has 1 unspecified atom stereocenters. The summed E-state index contributed by atoms with van der Waals surface area (Å²) in [5, 5.41) is 8.93. The highest BCUT2D eigenvalue weighted by Gasteiger charge is 2.27. The highest BCUT2D eigenvalue weighted by Crippen LogP contribution is 2.18. The van der Waals surface area contributed by atoms with Crippen molar-refractivity contribution in [1.82, 2.24) is 4.90 Å². The van der Waals surface area contributed by atoms with Crippen LogP contribution in [0.3, 0.4) is 0 Å². The van der Waals surface area contributed by atoms with Gasteiger partial charge in [0.2, 0.25) is 5.91 Å². The molecule has 0 aliphatic carbocycles. The van der Waals surface area contributed by atoms with Gasteiger partial charge in [0.15, 0.2) is 0 Å². The molecule has 1 amide bonds. The highest BCUT2D eigenvalue weighted by atomic mass is 79.9. The Balaban J connectivity index is 2.84. The van der Waals surface area contributed by atoms with Gasteiger partial charge in [-0.25, -0.2) is 4.39 Å². The summed E-state index contributed by atoms with van der Waals surface area (Å²) >= 11 is 3.22. The number of carbonyl (C=O) groups is 2. The lowest BCUT2D eigenvalue weighted by atomic mass is 10.1. The fourth-order valence-electron chi connectivity index (χ4n) is 1.72. The Morgan fingerprint density at radius 3 is 2.63 bits per heavy atom. The van der Waals surface area contributed by atoms with E-state index in [0.717, 1.165) is 0 Å². The molecule has 0 aliphatic rings. The molecule has 6 heteroatoms. The van der Waals surface area contributed by atoms with Crippen LogP contribution in [0.1, 0.15) is 18.9 Å². The minimum absolute atomic E-state index is 0.0356. The molecule has 1 N–H and O–H groups in total. The second kappa shape index (κ2) is 6.65. The molecule has 0 radical (unpaired) electrons. The normalized spacial score (nSPS) is 12.0. The van der Waals surface area contributed by atoms with Gasteiger partial charge in [-0.3, -0.25) is 9.59 Å².